The smallest absolute Gasteiger partial charge is 0.224 e. The number of amides is 5. The van der Waals surface area contributed by atoms with E-state index in [2.05, 4.69) is 26.6 Å². The average molecular weight is 1300 g/mol. The second-order valence-corrected chi connectivity index (χ2v) is 23.1. The third-order valence-corrected chi connectivity index (χ3v) is 16.1. The van der Waals surface area contributed by atoms with E-state index in [1.54, 1.807) is 6.92 Å². The monoisotopic (exact) mass is 1300 g/mol. The number of carbonyl (C=O) groups is 8. The lowest BCUT2D eigenvalue weighted by atomic mass is 9.90. The number of Topliss-reactive ketones (excluding diaryl/α,β-unsaturated/α-hetero) is 3. The van der Waals surface area contributed by atoms with Crippen LogP contribution in [0.25, 0.3) is 0 Å². The maximum Gasteiger partial charge on any atom is 0.224 e. The Hall–Kier alpha value is -4.44. The average Bonchev–Trinajstić information content (AvgIpc) is 0.978. The van der Waals surface area contributed by atoms with Gasteiger partial charge in [-0.15, -0.1) is 0 Å². The molecule has 33 heteroatoms. The second-order valence-electron chi connectivity index (χ2n) is 23.1. The minimum Gasteiger partial charge on any atom is -0.388 e. The maximum absolute atomic E-state index is 14.7. The minimum absolute atomic E-state index is 0.0109. The summed E-state index contributed by atoms with van der Waals surface area (Å²) in [5, 5.41) is 135. The Balaban J connectivity index is 1.52. The first kappa shape index (κ1) is 78.0. The normalized spacial score (nSPS) is 33.0. The van der Waals surface area contributed by atoms with E-state index in [9.17, 15) is 99.6 Å². The van der Waals surface area contributed by atoms with Crippen molar-refractivity contribution in [1.82, 2.24) is 26.6 Å². The lowest BCUT2D eigenvalue weighted by Gasteiger charge is -2.38. The molecule has 0 spiro atoms. The predicted octanol–water partition coefficient (Wildman–Crippen LogP) is -6.66. The summed E-state index contributed by atoms with van der Waals surface area (Å²) in [7, 11) is 0. The summed E-state index contributed by atoms with van der Waals surface area (Å²) in [6.07, 6.45) is -29.8. The number of hydrogen-bond donors (Lipinski definition) is 17. The van der Waals surface area contributed by atoms with Gasteiger partial charge in [0.25, 0.3) is 0 Å². The van der Waals surface area contributed by atoms with Crippen LogP contribution in [-0.4, -0.2) is 290 Å². The van der Waals surface area contributed by atoms with Gasteiger partial charge in [0.1, 0.15) is 84.8 Å². The molecule has 0 bridgehead atoms. The third kappa shape index (κ3) is 24.8. The molecule has 4 saturated heterocycles. The van der Waals surface area contributed by atoms with Gasteiger partial charge in [-0.1, -0.05) is 6.92 Å². The fraction of sp³-hybridized carbons (Fsp3) is 0.860. The number of ketones is 3. The van der Waals surface area contributed by atoms with Gasteiger partial charge in [0.15, 0.2) is 30.9 Å². The number of carbonyl (C=O) groups excluding carboxylic acids is 8. The SMILES string of the molecule is CCC(=O)CCCCC(=O)C[C@@H](CCC(=O)NCCO[C@@H]1O[C@@H](C)[C@@H](O)[C@@H](O)[C@@H]1O)C(=O)N[C@@H](CCC(=O)NCCO[C@@H]1O[C@@H](C)[C@@H](O)[C@@H](O)[C@@H]1O)C(=O)C[C@@H](CCC(=O)NCCO[C@@H]1O[C@@H](C)[C@@H](O)[C@@H](O)[C@@H]1O)C(=O)NCCO[C@@H]1O[C@@H](C)[C@@H](O)[C@@H](O)[C@@H]1O. The molecule has 0 radical (unpaired) electrons. The van der Waals surface area contributed by atoms with Crippen LogP contribution < -0.4 is 26.6 Å². The van der Waals surface area contributed by atoms with Crippen molar-refractivity contribution in [1.29, 1.82) is 0 Å². The van der Waals surface area contributed by atoms with Crippen LogP contribution in [-0.2, 0) is 76.3 Å². The fourth-order valence-electron chi connectivity index (χ4n) is 10.2. The highest BCUT2D eigenvalue weighted by molar-refractivity contribution is 5.95. The van der Waals surface area contributed by atoms with E-state index in [0.717, 1.165) is 0 Å². The Kier molecular flexibility index (Phi) is 34.1. The van der Waals surface area contributed by atoms with Gasteiger partial charge in [-0.25, -0.2) is 0 Å². The van der Waals surface area contributed by atoms with Crippen LogP contribution >= 0.6 is 0 Å². The molecule has 4 aliphatic rings. The van der Waals surface area contributed by atoms with E-state index in [4.69, 9.17) is 37.9 Å². The standard InChI is InChI=1S/C57H97N5O28/c1-6-33(63)9-7-8-10-34(64)25-31(11-14-37(66)58-17-21-83-54-48(77)44(73)40(69)27(2)87-54)53(82)62-35(13-16-39(68)60-19-23-85-56-50(79)46(75)42(71)29(4)89-56)36(65)26-32(52(81)61-20-24-86-57-51(80)47(76)43(72)30(5)90-57)12-15-38(67)59-18-22-84-55-49(78)45(74)41(70)28(3)88-55/h27-32,35,40-51,54-57,69-80H,6-26H2,1-5H3,(H,58,66)(H,59,67)(H,60,68)(H,61,81)(H,62,82)/t27-,28-,29-,30-,31+,32+,35-,40+,41+,42+,43+,44+,45+,46+,47+,48-,49-,50-,51-,54+,55+,56+,57+/m0/s1. The van der Waals surface area contributed by atoms with Crippen LogP contribution in [0.3, 0.4) is 0 Å². The Bertz CT molecular complexity index is 2260. The highest BCUT2D eigenvalue weighted by Crippen LogP contribution is 2.26. The Morgan fingerprint density at radius 1 is 0.378 bits per heavy atom. The van der Waals surface area contributed by atoms with Crippen LogP contribution in [0, 0.1) is 11.8 Å². The number of rotatable bonds is 39. The molecule has 0 aromatic carbocycles. The molecule has 4 fully saturated rings. The van der Waals surface area contributed by atoms with Crippen LogP contribution in [0.15, 0.2) is 0 Å². The van der Waals surface area contributed by atoms with Crippen molar-refractivity contribution in [3.05, 3.63) is 0 Å². The fourth-order valence-corrected chi connectivity index (χ4v) is 10.2. The minimum atomic E-state index is -1.67. The zero-order chi connectivity index (χ0) is 66.9. The highest BCUT2D eigenvalue weighted by atomic mass is 16.7. The van der Waals surface area contributed by atoms with Crippen molar-refractivity contribution in [2.45, 2.75) is 247 Å². The van der Waals surface area contributed by atoms with E-state index in [1.165, 1.54) is 27.7 Å². The van der Waals surface area contributed by atoms with Crippen LogP contribution in [0.4, 0.5) is 0 Å². The highest BCUT2D eigenvalue weighted by Gasteiger charge is 2.46. The Morgan fingerprint density at radius 3 is 1.03 bits per heavy atom. The van der Waals surface area contributed by atoms with Crippen molar-refractivity contribution in [3.8, 4) is 0 Å². The van der Waals surface area contributed by atoms with Crippen molar-refractivity contribution < 1.29 is 138 Å². The van der Waals surface area contributed by atoms with E-state index >= 15 is 0 Å². The molecule has 4 heterocycles. The van der Waals surface area contributed by atoms with Crippen LogP contribution in [0.2, 0.25) is 0 Å². The zero-order valence-electron chi connectivity index (χ0n) is 51.5. The van der Waals surface area contributed by atoms with Gasteiger partial charge in [-0.2, -0.15) is 0 Å². The molecule has 23 atom stereocenters. The van der Waals surface area contributed by atoms with Crippen molar-refractivity contribution >= 4 is 46.9 Å². The topological polar surface area (TPSA) is 513 Å². The van der Waals surface area contributed by atoms with Gasteiger partial charge in [0, 0.05) is 89.4 Å². The number of aliphatic hydroxyl groups excluding tert-OH is 12. The van der Waals surface area contributed by atoms with Crippen molar-refractivity contribution in [3.63, 3.8) is 0 Å². The van der Waals surface area contributed by atoms with Crippen molar-refractivity contribution in [2.24, 2.45) is 11.8 Å². The van der Waals surface area contributed by atoms with Gasteiger partial charge < -0.3 is 126 Å². The van der Waals surface area contributed by atoms with E-state index < -0.39 is 214 Å². The zero-order valence-corrected chi connectivity index (χ0v) is 51.5. The number of aliphatic hydroxyl groups is 12. The molecule has 0 aromatic rings. The lowest BCUT2D eigenvalue weighted by molar-refractivity contribution is -0.292. The van der Waals surface area contributed by atoms with Gasteiger partial charge >= 0.3 is 0 Å². The predicted molar refractivity (Wildman–Crippen MR) is 305 cm³/mol. The molecular weight excluding hydrogens is 1200 g/mol. The molecule has 0 aromatic heterocycles. The summed E-state index contributed by atoms with van der Waals surface area (Å²) in [6.45, 7) is 5.58. The van der Waals surface area contributed by atoms with Gasteiger partial charge in [0.05, 0.1) is 56.9 Å². The Morgan fingerprint density at radius 2 is 0.689 bits per heavy atom. The Labute approximate surface area is 521 Å². The summed E-state index contributed by atoms with van der Waals surface area (Å²) in [5.74, 6) is -7.55. The molecule has 4 aliphatic heterocycles. The summed E-state index contributed by atoms with van der Waals surface area (Å²) in [6, 6.07) is -1.58. The second kappa shape index (κ2) is 39.3. The van der Waals surface area contributed by atoms with Crippen LogP contribution in [0.1, 0.15) is 118 Å². The number of ether oxygens (including phenoxy) is 8. The molecule has 5 amide bonds. The summed E-state index contributed by atoms with van der Waals surface area (Å²) >= 11 is 0. The maximum atomic E-state index is 14.7. The largest absolute Gasteiger partial charge is 0.388 e. The molecule has 33 nitrogen and oxygen atoms in total. The van der Waals surface area contributed by atoms with Gasteiger partial charge in [-0.3, -0.25) is 38.4 Å². The quantitative estimate of drug-likeness (QED) is 0.0254. The third-order valence-electron chi connectivity index (χ3n) is 16.1. The lowest BCUT2D eigenvalue weighted by Crippen LogP contribution is -2.57. The molecule has 90 heavy (non-hydrogen) atoms. The van der Waals surface area contributed by atoms with Crippen molar-refractivity contribution in [2.75, 3.05) is 52.6 Å². The van der Waals surface area contributed by atoms with E-state index in [1.807, 2.05) is 0 Å². The molecule has 0 aliphatic carbocycles. The first-order chi connectivity index (χ1) is 42.6. The number of hydrogen-bond acceptors (Lipinski definition) is 28. The molecule has 518 valence electrons. The first-order valence-corrected chi connectivity index (χ1v) is 30.8. The van der Waals surface area contributed by atoms with E-state index in [0.29, 0.717) is 19.3 Å². The van der Waals surface area contributed by atoms with Gasteiger partial charge in [0.2, 0.25) is 29.5 Å². The van der Waals surface area contributed by atoms with E-state index in [-0.39, 0.29) is 90.5 Å². The molecule has 0 saturated carbocycles. The molecular formula is C57H97N5O28. The summed E-state index contributed by atoms with van der Waals surface area (Å²) in [5.41, 5.74) is 0. The molecule has 4 rings (SSSR count). The molecule has 17 N–H and O–H groups in total. The van der Waals surface area contributed by atoms with Crippen LogP contribution in [0.5, 0.6) is 0 Å². The first-order valence-electron chi connectivity index (χ1n) is 30.8. The van der Waals surface area contributed by atoms with Gasteiger partial charge in [-0.05, 0) is 59.8 Å². The summed E-state index contributed by atoms with van der Waals surface area (Å²) < 4.78 is 43.7. The molecule has 0 unspecified atom stereocenters. The number of unbranched alkanes of at least 4 members (excludes halogenated alkanes) is 1. The number of nitrogens with one attached hydrogen (secondary N) is 5. The summed E-state index contributed by atoms with van der Waals surface area (Å²) in [4.78, 5) is 109.